The predicted molar refractivity (Wildman–Crippen MR) is 487 cm³/mol. The second kappa shape index (κ2) is 26.4. The molecule has 1 atom stereocenters. The molecule has 22 aromatic rings. The molecule has 0 saturated carbocycles. The minimum Gasteiger partial charge on any atom is -0.456 e. The number of aromatic nitrogens is 6. The summed E-state index contributed by atoms with van der Waals surface area (Å²) in [4.78, 5) is 31.8. The third-order valence-electron chi connectivity index (χ3n) is 25.1. The maximum absolute atomic E-state index is 6.77. The van der Waals surface area contributed by atoms with Gasteiger partial charge in [-0.2, -0.15) is 0 Å². The molecule has 5 heterocycles. The Hall–Kier alpha value is -15.3. The standard InChI is InChI=1S/C110H70N6O3/c1-109(2)93-51-47-72(58-89(93)83-31-16-30-79(102(83)109)65-39-42-69(43-40-65)105-111-103(67-21-6-4-7-22-67)113-107(115-105)84-32-17-35-98-100(84)91-59-73(48-52-96(91)118-98)70-44-41-66-38-37-64-20-10-11-26-78(64)86(66)56-70)71-45-46-74-60-88(81-28-13-12-27-80(81)87(74)57-71)75-49-53-97-92(61-75)101-85(33-18-36-99(101)119-97)108-114-104(68-23-8-5-9-24-68)112-106(116-108)76-25-19-55-110(3,63-76)77-50-54-95-90(62-77)82-29-14-15-34-94(82)117-95/h4-54,56-63H,55H2,1-3H3. The van der Waals surface area contributed by atoms with Crippen LogP contribution in [-0.2, 0) is 10.8 Å². The van der Waals surface area contributed by atoms with Gasteiger partial charge in [0, 0.05) is 76.5 Å². The maximum atomic E-state index is 6.77. The number of benzene rings is 17. The summed E-state index contributed by atoms with van der Waals surface area (Å²) in [5, 5.41) is 15.7. The minimum absolute atomic E-state index is 0.301. The van der Waals surface area contributed by atoms with Gasteiger partial charge in [-0.3, -0.25) is 0 Å². The first kappa shape index (κ1) is 68.1. The Morgan fingerprint density at radius 2 is 0.697 bits per heavy atom. The predicted octanol–water partition coefficient (Wildman–Crippen LogP) is 29.0. The van der Waals surface area contributed by atoms with Gasteiger partial charge in [-0.25, -0.2) is 29.9 Å². The zero-order chi connectivity index (χ0) is 78.8. The Kier molecular flexibility index (Phi) is 15.1. The van der Waals surface area contributed by atoms with Crippen molar-refractivity contribution in [1.29, 1.82) is 0 Å². The van der Waals surface area contributed by atoms with Gasteiger partial charge in [-0.05, 0) is 201 Å². The third-order valence-corrected chi connectivity index (χ3v) is 25.1. The first-order chi connectivity index (χ1) is 58.5. The molecule has 1 unspecified atom stereocenters. The lowest BCUT2D eigenvalue weighted by Gasteiger charge is -2.29. The smallest absolute Gasteiger partial charge is 0.164 e. The van der Waals surface area contributed by atoms with Crippen LogP contribution in [0.25, 0.3) is 227 Å². The van der Waals surface area contributed by atoms with Gasteiger partial charge in [-0.15, -0.1) is 0 Å². The van der Waals surface area contributed by atoms with Gasteiger partial charge in [-0.1, -0.05) is 300 Å². The Morgan fingerprint density at radius 3 is 1.39 bits per heavy atom. The van der Waals surface area contributed by atoms with Gasteiger partial charge in [0.05, 0.1) is 0 Å². The van der Waals surface area contributed by atoms with Crippen molar-refractivity contribution in [2.24, 2.45) is 0 Å². The second-order valence-electron chi connectivity index (χ2n) is 32.6. The van der Waals surface area contributed by atoms with Gasteiger partial charge in [0.2, 0.25) is 0 Å². The van der Waals surface area contributed by atoms with Crippen LogP contribution < -0.4 is 0 Å². The summed E-state index contributed by atoms with van der Waals surface area (Å²) in [6.07, 6.45) is 7.55. The summed E-state index contributed by atoms with van der Waals surface area (Å²) in [5.41, 5.74) is 25.0. The normalized spacial score (nSPS) is 14.4. The fraction of sp³-hybridized carbons (Fsp3) is 0.0545. The molecule has 0 aliphatic heterocycles. The summed E-state index contributed by atoms with van der Waals surface area (Å²) < 4.78 is 19.7. The summed E-state index contributed by atoms with van der Waals surface area (Å²) in [5.74, 6) is 3.52. The Bertz CT molecular complexity index is 8130. The Morgan fingerprint density at radius 1 is 0.252 bits per heavy atom. The molecule has 0 radical (unpaired) electrons. The first-order valence-corrected chi connectivity index (χ1v) is 40.6. The van der Waals surface area contributed by atoms with Crippen LogP contribution in [0, 0.1) is 0 Å². The van der Waals surface area contributed by atoms with Crippen molar-refractivity contribution >= 4 is 114 Å². The molecule has 0 bridgehead atoms. The van der Waals surface area contributed by atoms with Crippen LogP contribution in [0.2, 0.25) is 0 Å². The number of hydrogen-bond acceptors (Lipinski definition) is 9. The number of nitrogens with zero attached hydrogens (tertiary/aromatic N) is 6. The van der Waals surface area contributed by atoms with Gasteiger partial charge < -0.3 is 13.3 Å². The van der Waals surface area contributed by atoms with Crippen molar-refractivity contribution in [1.82, 2.24) is 29.9 Å². The van der Waals surface area contributed by atoms with E-state index >= 15 is 0 Å². The molecule has 0 amide bonds. The Balaban J connectivity index is 0.552. The molecule has 119 heavy (non-hydrogen) atoms. The highest BCUT2D eigenvalue weighted by Gasteiger charge is 2.38. The maximum Gasteiger partial charge on any atom is 0.164 e. The molecule has 0 fully saturated rings. The number of allylic oxidation sites excluding steroid dienone is 4. The van der Waals surface area contributed by atoms with Gasteiger partial charge >= 0.3 is 0 Å². The number of hydrogen-bond donors (Lipinski definition) is 0. The highest BCUT2D eigenvalue weighted by Crippen LogP contribution is 2.54. The monoisotopic (exact) mass is 1520 g/mol. The number of rotatable bonds is 11. The van der Waals surface area contributed by atoms with E-state index in [9.17, 15) is 0 Å². The SMILES string of the molecule is CC1(c2ccc3oc4ccccc4c3c2)C=C(c2nc(-c3ccccc3)nc(-c3cccc4oc5ccc(-c6cc7ccc(-c8ccc9c(c8)-c8cccc(-c%10ccc(-c%11nc(-c%12ccccc%12)nc(-c%12cccc%13oc%14ccc(-c%15ccc%16ccc%17ccccc%17c%16c%15)cc%14c%12%13)n%11)cc%10)c8C9(C)C)cc7c7ccccc67)cc5c34)n2)C=CC1. The molecule has 2 aliphatic rings. The molecule has 558 valence electrons. The van der Waals surface area contributed by atoms with Crippen LogP contribution >= 0.6 is 0 Å². The van der Waals surface area contributed by atoms with E-state index in [1.54, 1.807) is 0 Å². The number of furan rings is 3. The van der Waals surface area contributed by atoms with E-state index in [1.807, 2.05) is 72.8 Å². The fourth-order valence-electron chi connectivity index (χ4n) is 19.2. The fourth-order valence-corrected chi connectivity index (χ4v) is 19.2. The van der Waals surface area contributed by atoms with E-state index in [2.05, 4.69) is 306 Å². The summed E-state index contributed by atoms with van der Waals surface area (Å²) >= 11 is 0. The van der Waals surface area contributed by atoms with Crippen LogP contribution in [0.5, 0.6) is 0 Å². The molecule has 0 saturated heterocycles. The van der Waals surface area contributed by atoms with Crippen molar-refractivity contribution < 1.29 is 13.3 Å². The topological polar surface area (TPSA) is 117 Å². The van der Waals surface area contributed by atoms with E-state index in [1.165, 1.54) is 65.7 Å². The molecule has 2 aliphatic carbocycles. The highest BCUT2D eigenvalue weighted by molar-refractivity contribution is 6.18. The average Bonchev–Trinajstić information content (AvgIpc) is 1.61. The lowest BCUT2D eigenvalue weighted by Crippen LogP contribution is -2.21. The highest BCUT2D eigenvalue weighted by atomic mass is 16.3. The van der Waals surface area contributed by atoms with Crippen LogP contribution in [0.4, 0.5) is 0 Å². The van der Waals surface area contributed by atoms with Crippen LogP contribution in [0.1, 0.15) is 49.7 Å². The van der Waals surface area contributed by atoms with Crippen LogP contribution in [0.15, 0.2) is 371 Å². The zero-order valence-corrected chi connectivity index (χ0v) is 65.2. The van der Waals surface area contributed by atoms with E-state index in [0.717, 1.165) is 155 Å². The van der Waals surface area contributed by atoms with Crippen molar-refractivity contribution in [3.05, 3.63) is 380 Å². The summed E-state index contributed by atoms with van der Waals surface area (Å²) in [6, 6.07) is 121. The van der Waals surface area contributed by atoms with E-state index in [0.29, 0.717) is 34.9 Å². The molecule has 0 spiro atoms. The van der Waals surface area contributed by atoms with Crippen molar-refractivity contribution in [2.75, 3.05) is 0 Å². The second-order valence-corrected chi connectivity index (χ2v) is 32.6. The van der Waals surface area contributed by atoms with Gasteiger partial charge in [0.1, 0.15) is 33.5 Å². The Labute approximate surface area is 684 Å². The average molecular weight is 1520 g/mol. The van der Waals surface area contributed by atoms with Crippen LogP contribution in [0.3, 0.4) is 0 Å². The van der Waals surface area contributed by atoms with Crippen LogP contribution in [-0.4, -0.2) is 29.9 Å². The molecule has 9 nitrogen and oxygen atoms in total. The largest absolute Gasteiger partial charge is 0.456 e. The van der Waals surface area contributed by atoms with E-state index < -0.39 is 0 Å². The number of para-hydroxylation sites is 1. The molecular formula is C110H70N6O3. The third kappa shape index (κ3) is 11.1. The lowest BCUT2D eigenvalue weighted by molar-refractivity contribution is 0.601. The van der Waals surface area contributed by atoms with E-state index in [-0.39, 0.29) is 10.8 Å². The number of fused-ring (bicyclic) bond motifs is 18. The van der Waals surface area contributed by atoms with Gasteiger partial charge in [0.15, 0.2) is 34.9 Å². The van der Waals surface area contributed by atoms with Crippen molar-refractivity contribution in [3.8, 4) is 113 Å². The minimum atomic E-state index is -0.354. The molecule has 9 heteroatoms. The van der Waals surface area contributed by atoms with Crippen molar-refractivity contribution in [3.63, 3.8) is 0 Å². The molecule has 0 N–H and O–H groups in total. The lowest BCUT2D eigenvalue weighted by atomic mass is 9.75. The first-order valence-electron chi connectivity index (χ1n) is 40.6. The molecule has 17 aromatic carbocycles. The van der Waals surface area contributed by atoms with Crippen molar-refractivity contribution in [2.45, 2.75) is 38.0 Å². The summed E-state index contributed by atoms with van der Waals surface area (Å²) in [6.45, 7) is 7.03. The zero-order valence-electron chi connectivity index (χ0n) is 65.2. The van der Waals surface area contributed by atoms with E-state index in [4.69, 9.17) is 43.2 Å². The summed E-state index contributed by atoms with van der Waals surface area (Å²) in [7, 11) is 0. The molecule has 24 rings (SSSR count). The molecule has 5 aromatic heterocycles. The molecular weight excluding hydrogens is 1450 g/mol. The van der Waals surface area contributed by atoms with Gasteiger partial charge in [0.25, 0.3) is 0 Å². The quantitative estimate of drug-likeness (QED) is 0.117.